The minimum absolute atomic E-state index is 0.0227. The number of benzene rings is 2. The van der Waals surface area contributed by atoms with Gasteiger partial charge in [-0.25, -0.2) is 17.6 Å². The number of carbonyl (C=O) groups is 1. The molecule has 1 aliphatic carbocycles. The molecule has 1 aliphatic rings. The number of methoxy groups -OCH3 is 1. The highest BCUT2D eigenvalue weighted by Crippen LogP contribution is 2.39. The number of sulfonamides is 1. The zero-order valence-corrected chi connectivity index (χ0v) is 20.4. The number of aromatic nitrogens is 1. The van der Waals surface area contributed by atoms with Crippen molar-refractivity contribution in [1.29, 1.82) is 0 Å². The van der Waals surface area contributed by atoms with Crippen LogP contribution < -0.4 is 9.04 Å². The van der Waals surface area contributed by atoms with Crippen LogP contribution in [0.15, 0.2) is 65.8 Å². The van der Waals surface area contributed by atoms with Crippen LogP contribution in [0.1, 0.15) is 40.4 Å². The van der Waals surface area contributed by atoms with E-state index in [0.717, 1.165) is 40.3 Å². The number of anilines is 1. The maximum Gasteiger partial charge on any atom is 0.337 e. The van der Waals surface area contributed by atoms with E-state index in [-0.39, 0.29) is 18.0 Å². The van der Waals surface area contributed by atoms with Gasteiger partial charge in [0.25, 0.3) is 10.0 Å². The molecule has 4 rings (SSSR count). The minimum atomic E-state index is -4.09. The van der Waals surface area contributed by atoms with Crippen molar-refractivity contribution < 1.29 is 27.1 Å². The molecule has 0 amide bonds. The number of alkyl halides is 1. The first-order valence-corrected chi connectivity index (χ1v) is 12.8. The molecule has 184 valence electrons. The Morgan fingerprint density at radius 2 is 1.86 bits per heavy atom. The number of pyridine rings is 1. The monoisotopic (exact) mass is 498 g/mol. The molecule has 0 N–H and O–H groups in total. The molecule has 1 aromatic heterocycles. The number of rotatable bonds is 9. The number of hydrogen-bond donors (Lipinski definition) is 0. The lowest BCUT2D eigenvalue weighted by atomic mass is 10.1. The fourth-order valence-corrected chi connectivity index (χ4v) is 5.60. The zero-order valence-electron chi connectivity index (χ0n) is 19.6. The van der Waals surface area contributed by atoms with Gasteiger partial charge in [-0.05, 0) is 79.3 Å². The Balaban J connectivity index is 1.71. The molecular weight excluding hydrogens is 471 g/mol. The van der Waals surface area contributed by atoms with E-state index < -0.39 is 22.2 Å². The first kappa shape index (κ1) is 24.7. The van der Waals surface area contributed by atoms with E-state index >= 15 is 0 Å². The Morgan fingerprint density at radius 3 is 2.49 bits per heavy atom. The molecule has 2 aromatic carbocycles. The highest BCUT2D eigenvalue weighted by atomic mass is 32.2. The van der Waals surface area contributed by atoms with Gasteiger partial charge in [0.2, 0.25) is 0 Å². The minimum Gasteiger partial charge on any atom is -0.487 e. The average molecular weight is 499 g/mol. The molecule has 0 unspecified atom stereocenters. The summed E-state index contributed by atoms with van der Waals surface area (Å²) in [6.45, 7) is 1.10. The second-order valence-corrected chi connectivity index (χ2v) is 10.3. The second-order valence-electron chi connectivity index (χ2n) is 8.43. The topological polar surface area (TPSA) is 85.8 Å². The molecule has 0 saturated carbocycles. The third kappa shape index (κ3) is 5.45. The van der Waals surface area contributed by atoms with E-state index in [1.807, 2.05) is 6.07 Å². The molecule has 1 heterocycles. The second kappa shape index (κ2) is 10.4. The summed E-state index contributed by atoms with van der Waals surface area (Å²) >= 11 is 0. The van der Waals surface area contributed by atoms with Gasteiger partial charge in [0, 0.05) is 12.4 Å². The van der Waals surface area contributed by atoms with Crippen LogP contribution >= 0.6 is 0 Å². The molecule has 9 heteroatoms. The number of hydrogen-bond acceptors (Lipinski definition) is 6. The molecule has 0 radical (unpaired) electrons. The molecule has 0 fully saturated rings. The van der Waals surface area contributed by atoms with Crippen molar-refractivity contribution >= 4 is 21.7 Å². The highest BCUT2D eigenvalue weighted by Gasteiger charge is 2.30. The van der Waals surface area contributed by atoms with Crippen LogP contribution in [-0.2, 0) is 34.2 Å². The fourth-order valence-electron chi connectivity index (χ4n) is 4.10. The van der Waals surface area contributed by atoms with E-state index in [0.29, 0.717) is 17.0 Å². The SMILES string of the molecule is COC(=O)c1ccc(COc2cc3c(cc2N(C[C@H](C)F)S(=O)(=O)c2cccnc2)CCC3)cc1. The average Bonchev–Trinajstić information content (AvgIpc) is 3.33. The number of carbonyl (C=O) groups excluding carboxylic acids is 1. The molecule has 3 aromatic rings. The molecule has 0 saturated heterocycles. The lowest BCUT2D eigenvalue weighted by Gasteiger charge is -2.27. The van der Waals surface area contributed by atoms with Gasteiger partial charge in [-0.1, -0.05) is 12.1 Å². The van der Waals surface area contributed by atoms with Gasteiger partial charge < -0.3 is 9.47 Å². The van der Waals surface area contributed by atoms with Crippen molar-refractivity contribution in [1.82, 2.24) is 4.98 Å². The van der Waals surface area contributed by atoms with Crippen LogP contribution in [0.5, 0.6) is 5.75 Å². The predicted octanol–water partition coefficient (Wildman–Crippen LogP) is 4.49. The third-order valence-electron chi connectivity index (χ3n) is 5.85. The maximum absolute atomic E-state index is 14.3. The van der Waals surface area contributed by atoms with Crippen molar-refractivity contribution in [2.24, 2.45) is 0 Å². The van der Waals surface area contributed by atoms with E-state index in [9.17, 15) is 17.6 Å². The van der Waals surface area contributed by atoms with Crippen LogP contribution in [0.3, 0.4) is 0 Å². The number of fused-ring (bicyclic) bond motifs is 1. The molecule has 0 bridgehead atoms. The number of ether oxygens (including phenoxy) is 2. The van der Waals surface area contributed by atoms with E-state index in [2.05, 4.69) is 4.98 Å². The van der Waals surface area contributed by atoms with Crippen LogP contribution in [0.25, 0.3) is 0 Å². The van der Waals surface area contributed by atoms with Crippen LogP contribution in [0, 0.1) is 0 Å². The third-order valence-corrected chi connectivity index (χ3v) is 7.61. The first-order chi connectivity index (χ1) is 16.8. The van der Waals surface area contributed by atoms with Gasteiger partial charge >= 0.3 is 5.97 Å². The number of halogens is 1. The molecular formula is C26H27FN2O5S. The smallest absolute Gasteiger partial charge is 0.337 e. The van der Waals surface area contributed by atoms with Gasteiger partial charge in [-0.15, -0.1) is 0 Å². The summed E-state index contributed by atoms with van der Waals surface area (Å²) in [5, 5.41) is 0. The maximum atomic E-state index is 14.3. The lowest BCUT2D eigenvalue weighted by molar-refractivity contribution is 0.0600. The summed E-state index contributed by atoms with van der Waals surface area (Å²) in [7, 11) is -2.77. The van der Waals surface area contributed by atoms with Gasteiger partial charge in [-0.3, -0.25) is 9.29 Å². The van der Waals surface area contributed by atoms with Gasteiger partial charge in [-0.2, -0.15) is 0 Å². The Kier molecular flexibility index (Phi) is 7.35. The molecule has 35 heavy (non-hydrogen) atoms. The Bertz CT molecular complexity index is 1300. The van der Waals surface area contributed by atoms with Gasteiger partial charge in [0.05, 0.1) is 24.9 Å². The summed E-state index contributed by atoms with van der Waals surface area (Å²) in [5.74, 6) is -0.0780. The van der Waals surface area contributed by atoms with Crippen molar-refractivity contribution in [2.75, 3.05) is 18.0 Å². The Hall–Kier alpha value is -3.46. The Labute approximate surface area is 204 Å². The van der Waals surface area contributed by atoms with Crippen molar-refractivity contribution in [2.45, 2.75) is 43.9 Å². The molecule has 1 atom stereocenters. The van der Waals surface area contributed by atoms with E-state index in [1.54, 1.807) is 30.3 Å². The van der Waals surface area contributed by atoms with Gasteiger partial charge in [0.1, 0.15) is 23.4 Å². The van der Waals surface area contributed by atoms with E-state index in [1.165, 1.54) is 38.6 Å². The summed E-state index contributed by atoms with van der Waals surface area (Å²) in [6.07, 6.45) is 3.98. The number of nitrogens with zero attached hydrogens (tertiary/aromatic N) is 2. The first-order valence-electron chi connectivity index (χ1n) is 11.3. The molecule has 0 spiro atoms. The normalized spacial score (nSPS) is 13.7. The Morgan fingerprint density at radius 1 is 1.14 bits per heavy atom. The zero-order chi connectivity index (χ0) is 25.0. The summed E-state index contributed by atoms with van der Waals surface area (Å²) in [5.41, 5.74) is 3.62. The predicted molar refractivity (Wildman–Crippen MR) is 130 cm³/mol. The van der Waals surface area contributed by atoms with E-state index in [4.69, 9.17) is 9.47 Å². The standard InChI is InChI=1S/C26H27FN2O5S/c1-18(27)16-29(35(31,32)23-7-4-12-28-15-23)24-13-21-5-3-6-22(21)14-25(24)34-17-19-8-10-20(11-9-19)26(30)33-2/h4,7-15,18H,3,5-6,16-17H2,1-2H3/t18-/m0/s1. The highest BCUT2D eigenvalue weighted by molar-refractivity contribution is 7.92. The molecule has 0 aliphatic heterocycles. The number of esters is 1. The largest absolute Gasteiger partial charge is 0.487 e. The summed E-state index contributed by atoms with van der Waals surface area (Å²) in [6, 6.07) is 13.4. The fraction of sp³-hybridized carbons (Fsp3) is 0.308. The van der Waals surface area contributed by atoms with Crippen molar-refractivity contribution in [3.8, 4) is 5.75 Å². The lowest BCUT2D eigenvalue weighted by Crippen LogP contribution is -2.36. The van der Waals surface area contributed by atoms with Crippen molar-refractivity contribution in [3.05, 3.63) is 83.2 Å². The quantitative estimate of drug-likeness (QED) is 0.404. The van der Waals surface area contributed by atoms with Crippen molar-refractivity contribution in [3.63, 3.8) is 0 Å². The van der Waals surface area contributed by atoms with Crippen LogP contribution in [-0.4, -0.2) is 39.2 Å². The van der Waals surface area contributed by atoms with Crippen LogP contribution in [0.4, 0.5) is 10.1 Å². The summed E-state index contributed by atoms with van der Waals surface area (Å²) < 4.78 is 53.3. The number of aryl methyl sites for hydroxylation is 2. The molecule has 7 nitrogen and oxygen atoms in total. The van der Waals surface area contributed by atoms with Gasteiger partial charge in [0.15, 0.2) is 0 Å². The van der Waals surface area contributed by atoms with Crippen LogP contribution in [0.2, 0.25) is 0 Å². The summed E-state index contributed by atoms with van der Waals surface area (Å²) in [4.78, 5) is 15.6.